The van der Waals surface area contributed by atoms with Crippen molar-refractivity contribution in [2.24, 2.45) is 0 Å². The van der Waals surface area contributed by atoms with Gasteiger partial charge in [-0.05, 0) is 18.6 Å². The molecule has 1 aromatic carbocycles. The van der Waals surface area contributed by atoms with Crippen LogP contribution in [0.1, 0.15) is 16.8 Å². The van der Waals surface area contributed by atoms with E-state index < -0.39 is 40.2 Å². The molecular formula is C14H16FNO5S. The minimum atomic E-state index is -3.11. The highest BCUT2D eigenvalue weighted by molar-refractivity contribution is 7.91. The molecule has 0 bridgehead atoms. The summed E-state index contributed by atoms with van der Waals surface area (Å²) in [5.41, 5.74) is -0.249. The van der Waals surface area contributed by atoms with Crippen molar-refractivity contribution >= 4 is 21.7 Å². The molecule has 1 saturated heterocycles. The van der Waals surface area contributed by atoms with Crippen molar-refractivity contribution in [2.75, 3.05) is 25.2 Å². The Morgan fingerprint density at radius 2 is 2.05 bits per heavy atom. The smallest absolute Gasteiger partial charge is 0.341 e. The number of sulfone groups is 1. The summed E-state index contributed by atoms with van der Waals surface area (Å²) < 4.78 is 41.0. The predicted molar refractivity (Wildman–Crippen MR) is 76.5 cm³/mol. The minimum absolute atomic E-state index is 0.0459. The van der Waals surface area contributed by atoms with Crippen LogP contribution < -0.4 is 0 Å². The van der Waals surface area contributed by atoms with Crippen molar-refractivity contribution in [2.45, 2.75) is 12.5 Å². The lowest BCUT2D eigenvalue weighted by molar-refractivity contribution is -0.134. The third kappa shape index (κ3) is 3.82. The molecule has 1 fully saturated rings. The number of carbonyl (C=O) groups is 2. The largest absolute Gasteiger partial charge is 0.452 e. The number of halogens is 1. The van der Waals surface area contributed by atoms with Crippen molar-refractivity contribution in [3.63, 3.8) is 0 Å². The number of likely N-dealkylation sites (N-methyl/N-ethyl adjacent to an activating group) is 1. The number of rotatable bonds is 4. The molecule has 0 spiro atoms. The fourth-order valence-corrected chi connectivity index (χ4v) is 3.99. The Morgan fingerprint density at radius 3 is 2.64 bits per heavy atom. The molecular weight excluding hydrogens is 313 g/mol. The maximum Gasteiger partial charge on any atom is 0.341 e. The van der Waals surface area contributed by atoms with E-state index >= 15 is 0 Å². The molecule has 0 saturated carbocycles. The van der Waals surface area contributed by atoms with Gasteiger partial charge in [-0.3, -0.25) is 4.79 Å². The summed E-state index contributed by atoms with van der Waals surface area (Å²) in [6.07, 6.45) is 0.367. The van der Waals surface area contributed by atoms with Gasteiger partial charge in [0.2, 0.25) is 0 Å². The zero-order valence-electron chi connectivity index (χ0n) is 12.0. The van der Waals surface area contributed by atoms with E-state index in [1.165, 1.54) is 30.1 Å². The maximum absolute atomic E-state index is 13.4. The first-order valence-corrected chi connectivity index (χ1v) is 8.50. The fourth-order valence-electron chi connectivity index (χ4n) is 2.22. The second-order valence-corrected chi connectivity index (χ2v) is 7.35. The molecule has 0 unspecified atom stereocenters. The Kier molecular flexibility index (Phi) is 4.80. The summed E-state index contributed by atoms with van der Waals surface area (Å²) in [7, 11) is -1.64. The first kappa shape index (κ1) is 16.4. The third-order valence-corrected chi connectivity index (χ3v) is 5.32. The summed E-state index contributed by atoms with van der Waals surface area (Å²) in [6, 6.07) is 4.89. The zero-order chi connectivity index (χ0) is 16.3. The van der Waals surface area contributed by atoms with Crippen molar-refractivity contribution in [3.8, 4) is 0 Å². The lowest BCUT2D eigenvalue weighted by atomic mass is 10.2. The van der Waals surface area contributed by atoms with Gasteiger partial charge in [-0.1, -0.05) is 12.1 Å². The van der Waals surface area contributed by atoms with Gasteiger partial charge in [0.05, 0.1) is 17.1 Å². The van der Waals surface area contributed by atoms with Gasteiger partial charge in [0.1, 0.15) is 5.82 Å². The van der Waals surface area contributed by atoms with Crippen LogP contribution in [0, 0.1) is 5.82 Å². The molecule has 1 amide bonds. The van der Waals surface area contributed by atoms with Gasteiger partial charge in [0.25, 0.3) is 5.91 Å². The average molecular weight is 329 g/mol. The zero-order valence-corrected chi connectivity index (χ0v) is 12.8. The molecule has 1 aliphatic rings. The van der Waals surface area contributed by atoms with Gasteiger partial charge in [-0.25, -0.2) is 17.6 Å². The van der Waals surface area contributed by atoms with Gasteiger partial charge in [0.15, 0.2) is 16.4 Å². The molecule has 0 aliphatic carbocycles. The highest BCUT2D eigenvalue weighted by atomic mass is 32.2. The molecule has 0 aromatic heterocycles. The maximum atomic E-state index is 13.4. The van der Waals surface area contributed by atoms with Crippen LogP contribution >= 0.6 is 0 Å². The van der Waals surface area contributed by atoms with Crippen LogP contribution in [0.3, 0.4) is 0 Å². The highest BCUT2D eigenvalue weighted by Gasteiger charge is 2.33. The van der Waals surface area contributed by atoms with Crippen LogP contribution in [0.5, 0.6) is 0 Å². The van der Waals surface area contributed by atoms with Crippen molar-refractivity contribution in [1.29, 1.82) is 0 Å². The molecule has 0 radical (unpaired) electrons. The van der Waals surface area contributed by atoms with Crippen molar-refractivity contribution in [3.05, 3.63) is 35.6 Å². The fraction of sp³-hybridized carbons (Fsp3) is 0.429. The second-order valence-electron chi connectivity index (χ2n) is 5.12. The van der Waals surface area contributed by atoms with E-state index in [4.69, 9.17) is 4.74 Å². The minimum Gasteiger partial charge on any atom is -0.452 e. The first-order chi connectivity index (χ1) is 10.3. The van der Waals surface area contributed by atoms with E-state index in [1.54, 1.807) is 0 Å². The number of hydrogen-bond donors (Lipinski definition) is 0. The second kappa shape index (κ2) is 6.43. The van der Waals surface area contributed by atoms with Gasteiger partial charge in [-0.2, -0.15) is 0 Å². The number of hydrogen-bond acceptors (Lipinski definition) is 5. The SMILES string of the molecule is CN(C(=O)COC(=O)c1ccccc1F)[C@@H]1CCS(=O)(=O)C1. The van der Waals surface area contributed by atoms with E-state index in [1.807, 2.05) is 0 Å². The van der Waals surface area contributed by atoms with Gasteiger partial charge < -0.3 is 9.64 Å². The summed E-state index contributed by atoms with van der Waals surface area (Å²) >= 11 is 0. The molecule has 1 aliphatic heterocycles. The Hall–Kier alpha value is -1.96. The Balaban J connectivity index is 1.90. The number of benzene rings is 1. The van der Waals surface area contributed by atoms with Gasteiger partial charge >= 0.3 is 5.97 Å². The predicted octanol–water partition coefficient (Wildman–Crippen LogP) is 0.628. The standard InChI is InChI=1S/C14H16FNO5S/c1-16(10-6-7-22(19,20)9-10)13(17)8-21-14(18)11-4-2-3-5-12(11)15/h2-5,10H,6-9H2,1H3/t10-/m1/s1. The van der Waals surface area contributed by atoms with Crippen LogP contribution in [0.4, 0.5) is 4.39 Å². The lowest BCUT2D eigenvalue weighted by Crippen LogP contribution is -2.40. The topological polar surface area (TPSA) is 80.8 Å². The quantitative estimate of drug-likeness (QED) is 0.757. The van der Waals surface area contributed by atoms with Crippen molar-refractivity contribution in [1.82, 2.24) is 4.90 Å². The molecule has 6 nitrogen and oxygen atoms in total. The van der Waals surface area contributed by atoms with E-state index in [0.29, 0.717) is 6.42 Å². The van der Waals surface area contributed by atoms with Gasteiger partial charge in [0, 0.05) is 13.1 Å². The molecule has 2 rings (SSSR count). The molecule has 1 aromatic rings. The van der Waals surface area contributed by atoms with Crippen LogP contribution in [0.2, 0.25) is 0 Å². The average Bonchev–Trinajstić information content (AvgIpc) is 2.84. The van der Waals surface area contributed by atoms with Gasteiger partial charge in [-0.15, -0.1) is 0 Å². The molecule has 0 N–H and O–H groups in total. The molecule has 1 heterocycles. The monoisotopic (exact) mass is 329 g/mol. The van der Waals surface area contributed by atoms with E-state index in [0.717, 1.165) is 6.07 Å². The molecule has 120 valence electrons. The lowest BCUT2D eigenvalue weighted by Gasteiger charge is -2.23. The number of carbonyl (C=O) groups excluding carboxylic acids is 2. The Morgan fingerprint density at radius 1 is 1.36 bits per heavy atom. The van der Waals surface area contributed by atoms with E-state index in [2.05, 4.69) is 0 Å². The first-order valence-electron chi connectivity index (χ1n) is 6.68. The Bertz CT molecular complexity index is 688. The summed E-state index contributed by atoms with van der Waals surface area (Å²) in [5, 5.41) is 0. The van der Waals surface area contributed by atoms with Crippen molar-refractivity contribution < 1.29 is 27.1 Å². The number of nitrogens with zero attached hydrogens (tertiary/aromatic N) is 1. The highest BCUT2D eigenvalue weighted by Crippen LogP contribution is 2.16. The van der Waals surface area contributed by atoms with Crippen LogP contribution in [-0.2, 0) is 19.4 Å². The number of ether oxygens (including phenoxy) is 1. The normalized spacial score (nSPS) is 19.6. The summed E-state index contributed by atoms with van der Waals surface area (Å²) in [5.74, 6) is -2.22. The van der Waals surface area contributed by atoms with Crippen LogP contribution in [0.25, 0.3) is 0 Å². The summed E-state index contributed by atoms with van der Waals surface area (Å²) in [4.78, 5) is 24.9. The summed E-state index contributed by atoms with van der Waals surface area (Å²) in [6.45, 7) is -0.555. The van der Waals surface area contributed by atoms with E-state index in [9.17, 15) is 22.4 Å². The molecule has 8 heteroatoms. The molecule has 22 heavy (non-hydrogen) atoms. The molecule has 1 atom stereocenters. The third-order valence-electron chi connectivity index (χ3n) is 3.57. The van der Waals surface area contributed by atoms with Crippen LogP contribution in [-0.4, -0.2) is 56.4 Å². The number of esters is 1. The number of amides is 1. The van der Waals surface area contributed by atoms with Crippen LogP contribution in [0.15, 0.2) is 24.3 Å². The Labute approximate surface area is 127 Å². The van der Waals surface area contributed by atoms with E-state index in [-0.39, 0.29) is 17.1 Å².